The fraction of sp³-hybridized carbons (Fsp3) is 0.267. The van der Waals surface area contributed by atoms with Crippen molar-refractivity contribution in [2.75, 3.05) is 11.1 Å². The Labute approximate surface area is 142 Å². The summed E-state index contributed by atoms with van der Waals surface area (Å²) in [5.41, 5.74) is 6.67. The summed E-state index contributed by atoms with van der Waals surface area (Å²) in [7, 11) is 0. The molecule has 0 aliphatic rings. The summed E-state index contributed by atoms with van der Waals surface area (Å²) in [5, 5.41) is 3.35. The van der Waals surface area contributed by atoms with E-state index in [-0.39, 0.29) is 17.3 Å². The maximum absolute atomic E-state index is 12.5. The first-order valence-corrected chi connectivity index (χ1v) is 8.26. The number of rotatable bonds is 5. The number of nitrogens with one attached hydrogen (secondary N) is 2. The normalized spacial score (nSPS) is 12.0. The van der Waals surface area contributed by atoms with E-state index in [2.05, 4.69) is 15.3 Å². The number of aromatic amines is 1. The van der Waals surface area contributed by atoms with Gasteiger partial charge in [-0.2, -0.15) is 0 Å². The molecule has 1 heterocycles. The number of nitrogens with zero attached hydrogens (tertiary/aromatic N) is 1. The molecule has 4 N–H and O–H groups in total. The first kappa shape index (κ1) is 17.4. The van der Waals surface area contributed by atoms with Crippen molar-refractivity contribution in [3.63, 3.8) is 0 Å². The van der Waals surface area contributed by atoms with Gasteiger partial charge in [-0.1, -0.05) is 36.4 Å². The molecule has 2 rings (SSSR count). The SMILES string of the molecule is CCC(Sc1nc(N)cc(=O)[nH]1)C(=O)Nc1cccc(Cl)c1C. The topological polar surface area (TPSA) is 101 Å². The molecular formula is C15H17ClN4O2S. The molecule has 1 atom stereocenters. The lowest BCUT2D eigenvalue weighted by molar-refractivity contribution is -0.115. The van der Waals surface area contributed by atoms with E-state index in [0.29, 0.717) is 22.3 Å². The van der Waals surface area contributed by atoms with E-state index in [1.807, 2.05) is 13.8 Å². The molecule has 1 unspecified atom stereocenters. The number of carbonyl (C=O) groups is 1. The fourth-order valence-electron chi connectivity index (χ4n) is 1.92. The molecule has 8 heteroatoms. The Morgan fingerprint density at radius 2 is 2.26 bits per heavy atom. The molecule has 122 valence electrons. The zero-order valence-corrected chi connectivity index (χ0v) is 14.3. The van der Waals surface area contributed by atoms with Crippen LogP contribution in [0, 0.1) is 6.92 Å². The Bertz CT molecular complexity index is 778. The van der Waals surface area contributed by atoms with Gasteiger partial charge in [0, 0.05) is 16.8 Å². The molecule has 2 aromatic rings. The number of nitrogen functional groups attached to an aromatic ring is 1. The van der Waals surface area contributed by atoms with E-state index in [1.54, 1.807) is 18.2 Å². The number of amides is 1. The largest absolute Gasteiger partial charge is 0.383 e. The first-order chi connectivity index (χ1) is 10.9. The number of nitrogens with two attached hydrogens (primary N) is 1. The smallest absolute Gasteiger partial charge is 0.253 e. The second-order valence-corrected chi connectivity index (χ2v) is 6.49. The number of aromatic nitrogens is 2. The van der Waals surface area contributed by atoms with Crippen LogP contribution in [0.3, 0.4) is 0 Å². The van der Waals surface area contributed by atoms with Crippen molar-refractivity contribution in [2.24, 2.45) is 0 Å². The Morgan fingerprint density at radius 1 is 1.52 bits per heavy atom. The van der Waals surface area contributed by atoms with E-state index >= 15 is 0 Å². The highest BCUT2D eigenvalue weighted by Gasteiger charge is 2.20. The number of hydrogen-bond acceptors (Lipinski definition) is 5. The number of anilines is 2. The second-order valence-electron chi connectivity index (χ2n) is 4.89. The minimum atomic E-state index is -0.418. The van der Waals surface area contributed by atoms with E-state index in [1.165, 1.54) is 6.07 Å². The van der Waals surface area contributed by atoms with Gasteiger partial charge in [0.05, 0.1) is 5.25 Å². The van der Waals surface area contributed by atoms with E-state index in [0.717, 1.165) is 17.3 Å². The van der Waals surface area contributed by atoms with Crippen LogP contribution in [0.15, 0.2) is 34.2 Å². The van der Waals surface area contributed by atoms with Crippen LogP contribution >= 0.6 is 23.4 Å². The quantitative estimate of drug-likeness (QED) is 0.567. The molecule has 0 fully saturated rings. The molecule has 0 bridgehead atoms. The Morgan fingerprint density at radius 3 is 2.91 bits per heavy atom. The fourth-order valence-corrected chi connectivity index (χ4v) is 3.02. The summed E-state index contributed by atoms with van der Waals surface area (Å²) in [6.45, 7) is 3.72. The van der Waals surface area contributed by atoms with Gasteiger partial charge in [-0.05, 0) is 31.0 Å². The van der Waals surface area contributed by atoms with Crippen LogP contribution in [0.2, 0.25) is 5.02 Å². The van der Waals surface area contributed by atoms with Crippen molar-refractivity contribution >= 4 is 40.8 Å². The van der Waals surface area contributed by atoms with Crippen molar-refractivity contribution in [2.45, 2.75) is 30.7 Å². The molecule has 0 radical (unpaired) electrons. The van der Waals surface area contributed by atoms with Gasteiger partial charge >= 0.3 is 0 Å². The van der Waals surface area contributed by atoms with E-state index in [4.69, 9.17) is 17.3 Å². The van der Waals surface area contributed by atoms with Crippen molar-refractivity contribution < 1.29 is 4.79 Å². The van der Waals surface area contributed by atoms with Gasteiger partial charge in [-0.15, -0.1) is 0 Å². The molecule has 1 aromatic carbocycles. The molecule has 0 saturated heterocycles. The maximum atomic E-state index is 12.5. The molecule has 0 aliphatic heterocycles. The van der Waals surface area contributed by atoms with Crippen LogP contribution in [0.4, 0.5) is 11.5 Å². The number of H-pyrrole nitrogens is 1. The third-order valence-electron chi connectivity index (χ3n) is 3.18. The monoisotopic (exact) mass is 352 g/mol. The number of thioether (sulfide) groups is 1. The predicted octanol–water partition coefficient (Wildman–Crippen LogP) is 2.82. The highest BCUT2D eigenvalue weighted by Crippen LogP contribution is 2.26. The summed E-state index contributed by atoms with van der Waals surface area (Å²) in [6, 6.07) is 6.52. The lowest BCUT2D eigenvalue weighted by atomic mass is 10.2. The van der Waals surface area contributed by atoms with Gasteiger partial charge in [-0.25, -0.2) is 4.98 Å². The Balaban J connectivity index is 2.15. The molecule has 0 spiro atoms. The van der Waals surface area contributed by atoms with Crippen molar-refractivity contribution in [1.29, 1.82) is 0 Å². The Hall–Kier alpha value is -1.99. The summed E-state index contributed by atoms with van der Waals surface area (Å²) in [6.07, 6.45) is 0.564. The van der Waals surface area contributed by atoms with Gasteiger partial charge in [0.2, 0.25) is 5.91 Å². The average molecular weight is 353 g/mol. The second kappa shape index (κ2) is 7.52. The summed E-state index contributed by atoms with van der Waals surface area (Å²) in [4.78, 5) is 30.5. The predicted molar refractivity (Wildman–Crippen MR) is 94.0 cm³/mol. The minimum absolute atomic E-state index is 0.122. The molecule has 1 aromatic heterocycles. The molecular weight excluding hydrogens is 336 g/mol. The highest BCUT2D eigenvalue weighted by atomic mass is 35.5. The van der Waals surface area contributed by atoms with Crippen LogP contribution in [0.25, 0.3) is 0 Å². The van der Waals surface area contributed by atoms with Crippen LogP contribution in [-0.2, 0) is 4.79 Å². The molecule has 1 amide bonds. The van der Waals surface area contributed by atoms with E-state index < -0.39 is 5.25 Å². The lowest BCUT2D eigenvalue weighted by Gasteiger charge is -2.15. The van der Waals surface area contributed by atoms with Gasteiger partial charge in [0.1, 0.15) is 5.82 Å². The van der Waals surface area contributed by atoms with Crippen LogP contribution < -0.4 is 16.6 Å². The van der Waals surface area contributed by atoms with Crippen molar-refractivity contribution in [1.82, 2.24) is 9.97 Å². The number of benzene rings is 1. The minimum Gasteiger partial charge on any atom is -0.383 e. The maximum Gasteiger partial charge on any atom is 0.253 e. The zero-order valence-electron chi connectivity index (χ0n) is 12.7. The Kier molecular flexibility index (Phi) is 5.68. The number of carbonyl (C=O) groups excluding carboxylic acids is 1. The highest BCUT2D eigenvalue weighted by molar-refractivity contribution is 8.00. The van der Waals surface area contributed by atoms with Crippen molar-refractivity contribution in [3.8, 4) is 0 Å². The van der Waals surface area contributed by atoms with Gasteiger partial charge in [0.15, 0.2) is 5.16 Å². The number of hydrogen-bond donors (Lipinski definition) is 3. The lowest BCUT2D eigenvalue weighted by Crippen LogP contribution is -2.25. The van der Waals surface area contributed by atoms with Crippen LogP contribution in [0.5, 0.6) is 0 Å². The third-order valence-corrected chi connectivity index (χ3v) is 4.84. The summed E-state index contributed by atoms with van der Waals surface area (Å²) >= 11 is 7.22. The molecule has 6 nitrogen and oxygen atoms in total. The summed E-state index contributed by atoms with van der Waals surface area (Å²) < 4.78 is 0. The van der Waals surface area contributed by atoms with Crippen LogP contribution in [-0.4, -0.2) is 21.1 Å². The van der Waals surface area contributed by atoms with Gasteiger partial charge in [-0.3, -0.25) is 9.59 Å². The zero-order chi connectivity index (χ0) is 17.0. The van der Waals surface area contributed by atoms with E-state index in [9.17, 15) is 9.59 Å². The van der Waals surface area contributed by atoms with Crippen molar-refractivity contribution in [3.05, 3.63) is 45.2 Å². The third kappa shape index (κ3) is 4.49. The molecule has 0 saturated carbocycles. The molecule has 23 heavy (non-hydrogen) atoms. The average Bonchev–Trinajstić information content (AvgIpc) is 2.48. The first-order valence-electron chi connectivity index (χ1n) is 7.00. The number of halogens is 1. The van der Waals surface area contributed by atoms with Crippen LogP contribution in [0.1, 0.15) is 18.9 Å². The van der Waals surface area contributed by atoms with Gasteiger partial charge < -0.3 is 16.0 Å². The van der Waals surface area contributed by atoms with Gasteiger partial charge in [0.25, 0.3) is 5.56 Å². The molecule has 0 aliphatic carbocycles. The summed E-state index contributed by atoms with van der Waals surface area (Å²) in [5.74, 6) is -0.0647. The standard InChI is InChI=1S/C15H17ClN4O2S/c1-3-11(23-15-19-12(17)7-13(21)20-15)14(22)18-10-6-4-5-9(16)8(10)2/h4-7,11H,3H2,1-2H3,(H,18,22)(H3,17,19,20,21).